The summed E-state index contributed by atoms with van der Waals surface area (Å²) >= 11 is 0. The molecule has 1 saturated heterocycles. The molecule has 2 aromatic rings. The SMILES string of the molecule is CNC(c1ccc2[nH]c(=O)oc2c1)C1CNCCO1. The van der Waals surface area contributed by atoms with Crippen molar-refractivity contribution in [2.75, 3.05) is 26.7 Å². The minimum absolute atomic E-state index is 0.0670. The molecule has 2 unspecified atom stereocenters. The van der Waals surface area contributed by atoms with E-state index in [-0.39, 0.29) is 12.1 Å². The number of nitrogens with one attached hydrogen (secondary N) is 3. The van der Waals surface area contributed by atoms with Gasteiger partial charge in [0.05, 0.1) is 24.3 Å². The lowest BCUT2D eigenvalue weighted by atomic mass is 10.0. The topological polar surface area (TPSA) is 79.3 Å². The van der Waals surface area contributed by atoms with Gasteiger partial charge in [-0.05, 0) is 24.7 Å². The fraction of sp³-hybridized carbons (Fsp3) is 0.462. The molecule has 1 aliphatic heterocycles. The van der Waals surface area contributed by atoms with Crippen LogP contribution in [0.3, 0.4) is 0 Å². The van der Waals surface area contributed by atoms with Crippen molar-refractivity contribution < 1.29 is 9.15 Å². The summed E-state index contributed by atoms with van der Waals surface area (Å²) in [5.41, 5.74) is 2.34. The van der Waals surface area contributed by atoms with Crippen LogP contribution in [0.2, 0.25) is 0 Å². The van der Waals surface area contributed by atoms with E-state index in [1.54, 1.807) is 0 Å². The van der Waals surface area contributed by atoms with E-state index in [2.05, 4.69) is 15.6 Å². The number of morpholine rings is 1. The van der Waals surface area contributed by atoms with E-state index >= 15 is 0 Å². The molecule has 0 bridgehead atoms. The van der Waals surface area contributed by atoms with Crippen LogP contribution in [0, 0.1) is 0 Å². The third kappa shape index (κ3) is 2.42. The molecule has 0 spiro atoms. The Morgan fingerprint density at radius 2 is 2.37 bits per heavy atom. The van der Waals surface area contributed by atoms with Gasteiger partial charge in [0.15, 0.2) is 5.58 Å². The summed E-state index contributed by atoms with van der Waals surface area (Å²) in [7, 11) is 1.90. The number of likely N-dealkylation sites (N-methyl/N-ethyl adjacent to an activating group) is 1. The zero-order valence-corrected chi connectivity index (χ0v) is 10.7. The Morgan fingerprint density at radius 3 is 3.11 bits per heavy atom. The van der Waals surface area contributed by atoms with Gasteiger partial charge in [0, 0.05) is 13.1 Å². The van der Waals surface area contributed by atoms with Gasteiger partial charge in [-0.2, -0.15) is 0 Å². The van der Waals surface area contributed by atoms with Crippen LogP contribution in [0.25, 0.3) is 11.1 Å². The Kier molecular flexibility index (Phi) is 3.37. The molecule has 19 heavy (non-hydrogen) atoms. The summed E-state index contributed by atoms with van der Waals surface area (Å²) in [5.74, 6) is -0.427. The van der Waals surface area contributed by atoms with Gasteiger partial charge in [-0.1, -0.05) is 6.07 Å². The van der Waals surface area contributed by atoms with Crippen molar-refractivity contribution in [1.82, 2.24) is 15.6 Å². The van der Waals surface area contributed by atoms with E-state index in [0.29, 0.717) is 17.7 Å². The minimum atomic E-state index is -0.427. The van der Waals surface area contributed by atoms with Crippen LogP contribution in [0.5, 0.6) is 0 Å². The predicted octanol–water partition coefficient (Wildman–Crippen LogP) is 0.370. The second kappa shape index (κ2) is 5.16. The number of fused-ring (bicyclic) bond motifs is 1. The molecule has 0 saturated carbocycles. The average Bonchev–Trinajstić information content (AvgIpc) is 2.80. The highest BCUT2D eigenvalue weighted by atomic mass is 16.5. The Balaban J connectivity index is 1.93. The number of hydrogen-bond acceptors (Lipinski definition) is 5. The molecule has 3 N–H and O–H groups in total. The second-order valence-corrected chi connectivity index (χ2v) is 4.65. The zero-order valence-electron chi connectivity index (χ0n) is 10.7. The van der Waals surface area contributed by atoms with E-state index in [0.717, 1.165) is 18.7 Å². The third-order valence-electron chi connectivity index (χ3n) is 3.44. The summed E-state index contributed by atoms with van der Waals surface area (Å²) in [6, 6.07) is 5.78. The number of benzene rings is 1. The monoisotopic (exact) mass is 263 g/mol. The van der Waals surface area contributed by atoms with Crippen molar-refractivity contribution in [2.45, 2.75) is 12.1 Å². The first kappa shape index (κ1) is 12.4. The summed E-state index contributed by atoms with van der Waals surface area (Å²) in [5, 5.41) is 6.58. The van der Waals surface area contributed by atoms with Crippen molar-refractivity contribution in [3.8, 4) is 0 Å². The molecule has 6 nitrogen and oxygen atoms in total. The Morgan fingerprint density at radius 1 is 1.47 bits per heavy atom. The van der Waals surface area contributed by atoms with Gasteiger partial charge >= 0.3 is 5.76 Å². The highest BCUT2D eigenvalue weighted by Crippen LogP contribution is 2.23. The van der Waals surface area contributed by atoms with E-state index in [1.165, 1.54) is 0 Å². The van der Waals surface area contributed by atoms with Gasteiger partial charge < -0.3 is 19.8 Å². The molecule has 6 heteroatoms. The molecule has 1 fully saturated rings. The number of ether oxygens (including phenoxy) is 1. The highest BCUT2D eigenvalue weighted by Gasteiger charge is 2.25. The number of oxazole rings is 1. The molecule has 3 rings (SSSR count). The van der Waals surface area contributed by atoms with Crippen LogP contribution < -0.4 is 16.4 Å². The summed E-state index contributed by atoms with van der Waals surface area (Å²) in [6.45, 7) is 2.41. The standard InChI is InChI=1S/C13H17N3O3/c1-14-12(11-7-15-4-5-18-11)8-2-3-9-10(6-8)19-13(17)16-9/h2-3,6,11-12,14-15H,4-5,7H2,1H3,(H,16,17). The average molecular weight is 263 g/mol. The van der Waals surface area contributed by atoms with Crippen molar-refractivity contribution in [3.05, 3.63) is 34.3 Å². The molecule has 2 heterocycles. The summed E-state index contributed by atoms with van der Waals surface area (Å²) < 4.78 is 10.9. The van der Waals surface area contributed by atoms with Crippen molar-refractivity contribution in [1.29, 1.82) is 0 Å². The maximum Gasteiger partial charge on any atom is 0.417 e. The number of aromatic nitrogens is 1. The second-order valence-electron chi connectivity index (χ2n) is 4.65. The van der Waals surface area contributed by atoms with Gasteiger partial charge in [-0.25, -0.2) is 4.79 Å². The van der Waals surface area contributed by atoms with Crippen LogP contribution in [-0.4, -0.2) is 37.8 Å². The van der Waals surface area contributed by atoms with Crippen molar-refractivity contribution in [3.63, 3.8) is 0 Å². The van der Waals surface area contributed by atoms with Gasteiger partial charge in [-0.15, -0.1) is 0 Å². The number of H-pyrrole nitrogens is 1. The molecule has 2 atom stereocenters. The van der Waals surface area contributed by atoms with Crippen molar-refractivity contribution >= 4 is 11.1 Å². The van der Waals surface area contributed by atoms with E-state index in [9.17, 15) is 4.79 Å². The molecule has 1 aromatic carbocycles. The first-order chi connectivity index (χ1) is 9.28. The molecule has 1 aromatic heterocycles. The fourth-order valence-corrected chi connectivity index (χ4v) is 2.52. The molecule has 0 amide bonds. The number of rotatable bonds is 3. The molecular formula is C13H17N3O3. The van der Waals surface area contributed by atoms with Crippen molar-refractivity contribution in [2.24, 2.45) is 0 Å². The largest absolute Gasteiger partial charge is 0.417 e. The third-order valence-corrected chi connectivity index (χ3v) is 3.44. The zero-order chi connectivity index (χ0) is 13.2. The normalized spacial score (nSPS) is 21.6. The van der Waals surface area contributed by atoms with Crippen LogP contribution in [-0.2, 0) is 4.74 Å². The lowest BCUT2D eigenvalue weighted by Gasteiger charge is -2.31. The van der Waals surface area contributed by atoms with E-state index in [1.807, 2.05) is 25.2 Å². The smallest absolute Gasteiger partial charge is 0.408 e. The molecule has 0 radical (unpaired) electrons. The predicted molar refractivity (Wildman–Crippen MR) is 71.2 cm³/mol. The van der Waals surface area contributed by atoms with Gasteiger partial charge in [-0.3, -0.25) is 4.98 Å². The van der Waals surface area contributed by atoms with Gasteiger partial charge in [0.2, 0.25) is 0 Å². The van der Waals surface area contributed by atoms with Gasteiger partial charge in [0.1, 0.15) is 0 Å². The van der Waals surface area contributed by atoms with E-state index in [4.69, 9.17) is 9.15 Å². The summed E-state index contributed by atoms with van der Waals surface area (Å²) in [6.07, 6.45) is 0.0712. The number of aromatic amines is 1. The first-order valence-electron chi connectivity index (χ1n) is 6.40. The van der Waals surface area contributed by atoms with Crippen LogP contribution in [0.1, 0.15) is 11.6 Å². The molecule has 1 aliphatic rings. The molecule has 0 aliphatic carbocycles. The maximum atomic E-state index is 11.2. The van der Waals surface area contributed by atoms with Gasteiger partial charge in [0.25, 0.3) is 0 Å². The first-order valence-corrected chi connectivity index (χ1v) is 6.40. The Hall–Kier alpha value is -1.63. The summed E-state index contributed by atoms with van der Waals surface area (Å²) in [4.78, 5) is 13.8. The quantitative estimate of drug-likeness (QED) is 0.745. The Labute approximate surface area is 110 Å². The lowest BCUT2D eigenvalue weighted by molar-refractivity contribution is 0.00539. The molecule has 102 valence electrons. The lowest BCUT2D eigenvalue weighted by Crippen LogP contribution is -2.45. The Bertz CT molecular complexity index is 613. The molecular weight excluding hydrogens is 246 g/mol. The van der Waals surface area contributed by atoms with Crippen LogP contribution in [0.4, 0.5) is 0 Å². The maximum absolute atomic E-state index is 11.2. The number of hydrogen-bond donors (Lipinski definition) is 3. The van der Waals surface area contributed by atoms with Crippen LogP contribution in [0.15, 0.2) is 27.4 Å². The van der Waals surface area contributed by atoms with E-state index < -0.39 is 5.76 Å². The highest BCUT2D eigenvalue weighted by molar-refractivity contribution is 5.72. The van der Waals surface area contributed by atoms with Crippen LogP contribution >= 0.6 is 0 Å². The fourth-order valence-electron chi connectivity index (χ4n) is 2.52. The minimum Gasteiger partial charge on any atom is -0.408 e.